The molecular weight excluding hydrogens is 434 g/mol. The number of hydrogen-bond acceptors (Lipinski definition) is 6. The van der Waals surface area contributed by atoms with Gasteiger partial charge in [-0.1, -0.05) is 0 Å². The van der Waals surface area contributed by atoms with Crippen LogP contribution in [0.1, 0.15) is 44.7 Å². The molecule has 0 radical (unpaired) electrons. The molecule has 2 aromatic carbocycles. The molecule has 1 aliphatic rings. The van der Waals surface area contributed by atoms with E-state index >= 15 is 0 Å². The summed E-state index contributed by atoms with van der Waals surface area (Å²) in [6, 6.07) is 12.0. The first-order chi connectivity index (χ1) is 16.1. The molecule has 9 heteroatoms. The number of anilines is 2. The third-order valence-electron chi connectivity index (χ3n) is 5.83. The van der Waals surface area contributed by atoms with Crippen LogP contribution in [-0.2, 0) is 11.2 Å². The monoisotopic (exact) mass is 461 g/mol. The number of carbonyl (C=O) groups is 1. The maximum atomic E-state index is 12.7. The summed E-state index contributed by atoms with van der Waals surface area (Å²) in [4.78, 5) is 28.7. The maximum Gasteiger partial charge on any atom is 0.410 e. The first-order valence-electron chi connectivity index (χ1n) is 11.2. The van der Waals surface area contributed by atoms with E-state index in [9.17, 15) is 14.9 Å². The van der Waals surface area contributed by atoms with Crippen LogP contribution in [0.2, 0.25) is 0 Å². The van der Waals surface area contributed by atoms with Crippen LogP contribution in [0.4, 0.5) is 21.9 Å². The molecule has 0 aliphatic carbocycles. The number of ether oxygens (including phenoxy) is 1. The van der Waals surface area contributed by atoms with E-state index in [-0.39, 0.29) is 23.4 Å². The van der Waals surface area contributed by atoms with Gasteiger partial charge >= 0.3 is 6.09 Å². The van der Waals surface area contributed by atoms with Crippen molar-refractivity contribution in [3.05, 3.63) is 63.8 Å². The molecular formula is C25H27N5O4. The number of nitrogens with zero attached hydrogens (tertiary/aromatic N) is 3. The topological polar surface area (TPSA) is 124 Å². The van der Waals surface area contributed by atoms with Gasteiger partial charge in [0.05, 0.1) is 16.6 Å². The van der Waals surface area contributed by atoms with Crippen molar-refractivity contribution in [3.8, 4) is 6.07 Å². The van der Waals surface area contributed by atoms with Crippen LogP contribution in [-0.4, -0.2) is 39.1 Å². The van der Waals surface area contributed by atoms with E-state index in [1.807, 2.05) is 56.1 Å². The van der Waals surface area contributed by atoms with Crippen molar-refractivity contribution in [1.29, 1.82) is 5.26 Å². The number of rotatable bonds is 5. The molecule has 0 bridgehead atoms. The van der Waals surface area contributed by atoms with Crippen LogP contribution >= 0.6 is 0 Å². The minimum atomic E-state index is -0.542. The fourth-order valence-corrected chi connectivity index (χ4v) is 4.30. The zero-order valence-electron chi connectivity index (χ0n) is 19.4. The number of aromatic amines is 1. The third kappa shape index (κ3) is 4.96. The molecule has 1 amide bonds. The Hall–Kier alpha value is -4.06. The van der Waals surface area contributed by atoms with Gasteiger partial charge in [-0.15, -0.1) is 0 Å². The lowest BCUT2D eigenvalue weighted by molar-refractivity contribution is -0.383. The molecule has 4 rings (SSSR count). The molecule has 0 spiro atoms. The summed E-state index contributed by atoms with van der Waals surface area (Å²) in [5.74, 6) is 0. The standard InChI is InChI=1S/C25H27N5O4/c1-25(2,3)34-24(31)29-10-4-5-19(29)12-17-15-27-21-9-7-18(13-20(17)21)28-22-8-6-16(14-26)11-23(22)30(32)33/h6-9,11,13,15,19,27-28H,4-5,10,12H2,1-3H3. The number of hydrogen-bond donors (Lipinski definition) is 2. The lowest BCUT2D eigenvalue weighted by Gasteiger charge is -2.28. The molecule has 2 heterocycles. The highest BCUT2D eigenvalue weighted by Gasteiger charge is 2.32. The summed E-state index contributed by atoms with van der Waals surface area (Å²) in [5, 5.41) is 24.6. The van der Waals surface area contributed by atoms with Crippen molar-refractivity contribution in [1.82, 2.24) is 9.88 Å². The van der Waals surface area contributed by atoms with Crippen LogP contribution in [0, 0.1) is 21.4 Å². The molecule has 34 heavy (non-hydrogen) atoms. The summed E-state index contributed by atoms with van der Waals surface area (Å²) in [6.45, 7) is 6.27. The Morgan fingerprint density at radius 2 is 2.12 bits per heavy atom. The summed E-state index contributed by atoms with van der Waals surface area (Å²) in [5.41, 5.74) is 2.53. The first kappa shape index (κ1) is 23.1. The van der Waals surface area contributed by atoms with E-state index in [2.05, 4.69) is 10.3 Å². The number of likely N-dealkylation sites (tertiary alicyclic amines) is 1. The molecule has 1 fully saturated rings. The van der Waals surface area contributed by atoms with Crippen LogP contribution in [0.3, 0.4) is 0 Å². The molecule has 1 unspecified atom stereocenters. The number of carbonyl (C=O) groups excluding carboxylic acids is 1. The molecule has 2 N–H and O–H groups in total. The van der Waals surface area contributed by atoms with Crippen molar-refractivity contribution in [2.45, 2.75) is 51.7 Å². The fourth-order valence-electron chi connectivity index (χ4n) is 4.30. The average molecular weight is 462 g/mol. The second-order valence-corrected chi connectivity index (χ2v) is 9.47. The third-order valence-corrected chi connectivity index (χ3v) is 5.83. The molecule has 3 aromatic rings. The lowest BCUT2D eigenvalue weighted by Crippen LogP contribution is -2.40. The predicted molar refractivity (Wildman–Crippen MR) is 129 cm³/mol. The molecule has 1 aromatic heterocycles. The summed E-state index contributed by atoms with van der Waals surface area (Å²) in [6.07, 6.45) is 4.18. The highest BCUT2D eigenvalue weighted by Crippen LogP contribution is 2.32. The van der Waals surface area contributed by atoms with Gasteiger partial charge in [-0.2, -0.15) is 5.26 Å². The number of aromatic nitrogens is 1. The van der Waals surface area contributed by atoms with E-state index in [1.54, 1.807) is 6.07 Å². The number of nitro benzene ring substituents is 1. The smallest absolute Gasteiger partial charge is 0.410 e. The number of nitro groups is 1. The van der Waals surface area contributed by atoms with E-state index in [0.717, 1.165) is 29.3 Å². The van der Waals surface area contributed by atoms with Crippen LogP contribution in [0.5, 0.6) is 0 Å². The number of fused-ring (bicyclic) bond motifs is 1. The van der Waals surface area contributed by atoms with E-state index in [4.69, 9.17) is 10.00 Å². The van der Waals surface area contributed by atoms with E-state index in [1.165, 1.54) is 12.1 Å². The van der Waals surface area contributed by atoms with Crippen molar-refractivity contribution >= 4 is 34.1 Å². The fraction of sp³-hybridized carbons (Fsp3) is 0.360. The summed E-state index contributed by atoms with van der Waals surface area (Å²) in [7, 11) is 0. The Morgan fingerprint density at radius 1 is 1.32 bits per heavy atom. The quantitative estimate of drug-likeness (QED) is 0.375. The Kier molecular flexibility index (Phi) is 6.16. The second-order valence-electron chi connectivity index (χ2n) is 9.47. The minimum Gasteiger partial charge on any atom is -0.444 e. The first-order valence-corrected chi connectivity index (χ1v) is 11.2. The Labute approximate surface area is 197 Å². The van der Waals surface area contributed by atoms with Crippen molar-refractivity contribution in [2.75, 3.05) is 11.9 Å². The molecule has 0 saturated carbocycles. The molecule has 1 saturated heterocycles. The average Bonchev–Trinajstić information content (AvgIpc) is 3.40. The Balaban J connectivity index is 1.57. The van der Waals surface area contributed by atoms with Crippen molar-refractivity contribution < 1.29 is 14.5 Å². The number of H-pyrrole nitrogens is 1. The largest absolute Gasteiger partial charge is 0.444 e. The number of amides is 1. The van der Waals surface area contributed by atoms with Gasteiger partial charge in [0.25, 0.3) is 5.69 Å². The van der Waals surface area contributed by atoms with Gasteiger partial charge in [-0.25, -0.2) is 4.79 Å². The van der Waals surface area contributed by atoms with Crippen molar-refractivity contribution in [3.63, 3.8) is 0 Å². The van der Waals surface area contributed by atoms with Gasteiger partial charge < -0.3 is 19.9 Å². The number of nitrogens with one attached hydrogen (secondary N) is 2. The highest BCUT2D eigenvalue weighted by atomic mass is 16.6. The second kappa shape index (κ2) is 9.06. The van der Waals surface area contributed by atoms with Crippen LogP contribution in [0.15, 0.2) is 42.6 Å². The van der Waals surface area contributed by atoms with Gasteiger partial charge in [0.15, 0.2) is 0 Å². The molecule has 1 atom stereocenters. The zero-order valence-corrected chi connectivity index (χ0v) is 19.4. The maximum absolute atomic E-state index is 12.7. The Bertz CT molecular complexity index is 1280. The normalized spacial score (nSPS) is 15.8. The van der Waals surface area contributed by atoms with E-state index < -0.39 is 10.5 Å². The van der Waals surface area contributed by atoms with Gasteiger partial charge in [0.2, 0.25) is 0 Å². The van der Waals surface area contributed by atoms with Crippen molar-refractivity contribution in [2.24, 2.45) is 0 Å². The van der Waals surface area contributed by atoms with Gasteiger partial charge in [0.1, 0.15) is 11.3 Å². The minimum absolute atomic E-state index is 0.0464. The zero-order chi connectivity index (χ0) is 24.5. The van der Waals surface area contributed by atoms with E-state index in [0.29, 0.717) is 24.3 Å². The van der Waals surface area contributed by atoms with Gasteiger partial charge in [-0.05, 0) is 75.9 Å². The van der Waals surface area contributed by atoms with Gasteiger partial charge in [0, 0.05) is 41.4 Å². The van der Waals surface area contributed by atoms with Crippen LogP contribution < -0.4 is 5.32 Å². The molecule has 9 nitrogen and oxygen atoms in total. The Morgan fingerprint density at radius 3 is 2.82 bits per heavy atom. The SMILES string of the molecule is CC(C)(C)OC(=O)N1CCCC1Cc1c[nH]c2ccc(Nc3ccc(C#N)cc3[N+](=O)[O-])cc12. The molecule has 1 aliphatic heterocycles. The molecule has 176 valence electrons. The summed E-state index contributed by atoms with van der Waals surface area (Å²) >= 11 is 0. The number of nitriles is 1. The lowest BCUT2D eigenvalue weighted by atomic mass is 10.0. The number of benzene rings is 2. The predicted octanol–water partition coefficient (Wildman–Crippen LogP) is 5.63. The highest BCUT2D eigenvalue weighted by molar-refractivity contribution is 5.88. The van der Waals surface area contributed by atoms with Crippen LogP contribution in [0.25, 0.3) is 10.9 Å². The van der Waals surface area contributed by atoms with Gasteiger partial charge in [-0.3, -0.25) is 10.1 Å². The summed E-state index contributed by atoms with van der Waals surface area (Å²) < 4.78 is 5.59.